The summed E-state index contributed by atoms with van der Waals surface area (Å²) in [6.07, 6.45) is 0. The van der Waals surface area contributed by atoms with Crippen molar-refractivity contribution in [3.05, 3.63) is 77.8 Å². The minimum Gasteiger partial charge on any atom is -0.497 e. The molecule has 1 N–H and O–H groups in total. The van der Waals surface area contributed by atoms with Gasteiger partial charge < -0.3 is 14.5 Å². The van der Waals surface area contributed by atoms with Crippen LogP contribution in [0.15, 0.2) is 77.2 Å². The normalized spacial score (nSPS) is 10.9. The molecule has 0 spiro atoms. The maximum absolute atomic E-state index is 6.07. The molecule has 31 heavy (non-hydrogen) atoms. The zero-order valence-corrected chi connectivity index (χ0v) is 17.2. The Kier molecular flexibility index (Phi) is 4.93. The summed E-state index contributed by atoms with van der Waals surface area (Å²) in [6, 6.07) is 22.5. The average molecular weight is 430 g/mol. The van der Waals surface area contributed by atoms with Crippen LogP contribution in [0.5, 0.6) is 5.75 Å². The van der Waals surface area contributed by atoms with Gasteiger partial charge in [0.15, 0.2) is 0 Å². The first-order valence-corrected chi connectivity index (χ1v) is 9.85. The van der Waals surface area contributed by atoms with Crippen molar-refractivity contribution in [2.45, 2.75) is 0 Å². The standard InChI is InChI=1S/C23H16ClN5O2/c1-30-17-11-9-16(10-12-17)25-20-18-7-2-3-8-19(18)26-21(27-20)23-29-28-22(31-23)14-5-4-6-15(24)13-14/h2-13H,1H3,(H,25,26,27). The van der Waals surface area contributed by atoms with Crippen LogP contribution in [0.4, 0.5) is 11.5 Å². The SMILES string of the molecule is COc1ccc(Nc2nc(-c3nnc(-c4cccc(Cl)c4)o3)nc3ccccc23)cc1. The molecule has 7 nitrogen and oxygen atoms in total. The highest BCUT2D eigenvalue weighted by atomic mass is 35.5. The second kappa shape index (κ2) is 8.04. The number of nitrogens with zero attached hydrogens (tertiary/aromatic N) is 4. The molecule has 152 valence electrons. The number of benzene rings is 3. The van der Waals surface area contributed by atoms with Gasteiger partial charge in [-0.25, -0.2) is 9.97 Å². The summed E-state index contributed by atoms with van der Waals surface area (Å²) in [5.41, 5.74) is 2.34. The zero-order valence-electron chi connectivity index (χ0n) is 16.4. The van der Waals surface area contributed by atoms with Gasteiger partial charge >= 0.3 is 0 Å². The number of halogens is 1. The molecule has 0 unspecified atom stereocenters. The Hall–Kier alpha value is -3.97. The van der Waals surface area contributed by atoms with Crippen LogP contribution in [0.3, 0.4) is 0 Å². The molecule has 0 bridgehead atoms. The Morgan fingerprint density at radius 1 is 0.871 bits per heavy atom. The van der Waals surface area contributed by atoms with Crippen molar-refractivity contribution in [2.75, 3.05) is 12.4 Å². The van der Waals surface area contributed by atoms with Gasteiger partial charge in [-0.1, -0.05) is 29.8 Å². The molecule has 3 aromatic carbocycles. The van der Waals surface area contributed by atoms with E-state index in [0.717, 1.165) is 27.9 Å². The molecule has 0 fully saturated rings. The molecule has 0 amide bonds. The van der Waals surface area contributed by atoms with Crippen LogP contribution >= 0.6 is 11.6 Å². The molecule has 0 aliphatic carbocycles. The summed E-state index contributed by atoms with van der Waals surface area (Å²) in [7, 11) is 1.63. The Morgan fingerprint density at radius 2 is 1.68 bits per heavy atom. The van der Waals surface area contributed by atoms with Gasteiger partial charge in [-0.2, -0.15) is 0 Å². The van der Waals surface area contributed by atoms with Gasteiger partial charge in [-0.15, -0.1) is 10.2 Å². The van der Waals surface area contributed by atoms with Crippen LogP contribution in [0.2, 0.25) is 5.02 Å². The fourth-order valence-corrected chi connectivity index (χ4v) is 3.32. The predicted molar refractivity (Wildman–Crippen MR) is 120 cm³/mol. The van der Waals surface area contributed by atoms with Gasteiger partial charge in [0.25, 0.3) is 5.89 Å². The lowest BCUT2D eigenvalue weighted by Gasteiger charge is -2.10. The highest BCUT2D eigenvalue weighted by molar-refractivity contribution is 6.30. The van der Waals surface area contributed by atoms with E-state index in [0.29, 0.717) is 22.6 Å². The van der Waals surface area contributed by atoms with E-state index >= 15 is 0 Å². The molecule has 0 saturated heterocycles. The Labute approximate surface area is 182 Å². The molecule has 0 aliphatic rings. The van der Waals surface area contributed by atoms with Crippen LogP contribution < -0.4 is 10.1 Å². The topological polar surface area (TPSA) is 86.0 Å². The maximum Gasteiger partial charge on any atom is 0.286 e. The number of rotatable bonds is 5. The number of nitrogens with one attached hydrogen (secondary N) is 1. The molecule has 5 rings (SSSR count). The number of hydrogen-bond acceptors (Lipinski definition) is 7. The van der Waals surface area contributed by atoms with Crippen molar-refractivity contribution in [3.63, 3.8) is 0 Å². The van der Waals surface area contributed by atoms with E-state index in [9.17, 15) is 0 Å². The highest BCUT2D eigenvalue weighted by Gasteiger charge is 2.16. The smallest absolute Gasteiger partial charge is 0.286 e. The molecule has 5 aromatic rings. The second-order valence-electron chi connectivity index (χ2n) is 6.69. The van der Waals surface area contributed by atoms with E-state index in [1.807, 2.05) is 60.7 Å². The van der Waals surface area contributed by atoms with E-state index in [1.54, 1.807) is 19.2 Å². The minimum absolute atomic E-state index is 0.221. The van der Waals surface area contributed by atoms with E-state index in [-0.39, 0.29) is 5.89 Å². The van der Waals surface area contributed by atoms with Gasteiger partial charge in [-0.05, 0) is 54.6 Å². The first-order valence-electron chi connectivity index (χ1n) is 9.47. The third kappa shape index (κ3) is 3.91. The summed E-state index contributed by atoms with van der Waals surface area (Å²) in [4.78, 5) is 9.26. The zero-order chi connectivity index (χ0) is 21.2. The predicted octanol–water partition coefficient (Wildman–Crippen LogP) is 5.75. The monoisotopic (exact) mass is 429 g/mol. The second-order valence-corrected chi connectivity index (χ2v) is 7.13. The first kappa shape index (κ1) is 19.0. The lowest BCUT2D eigenvalue weighted by atomic mass is 10.2. The largest absolute Gasteiger partial charge is 0.497 e. The molecule has 0 saturated carbocycles. The lowest BCUT2D eigenvalue weighted by molar-refractivity contribution is 0.415. The summed E-state index contributed by atoms with van der Waals surface area (Å²) >= 11 is 6.07. The van der Waals surface area contributed by atoms with E-state index in [1.165, 1.54) is 0 Å². The molecule has 0 radical (unpaired) electrons. The van der Waals surface area contributed by atoms with Gasteiger partial charge in [0.05, 0.1) is 12.6 Å². The fraction of sp³-hybridized carbons (Fsp3) is 0.0435. The first-order chi connectivity index (χ1) is 15.2. The summed E-state index contributed by atoms with van der Waals surface area (Å²) in [6.45, 7) is 0. The minimum atomic E-state index is 0.221. The van der Waals surface area contributed by atoms with Gasteiger partial charge in [0.2, 0.25) is 11.7 Å². The third-order valence-corrected chi connectivity index (χ3v) is 4.88. The highest BCUT2D eigenvalue weighted by Crippen LogP contribution is 2.29. The Morgan fingerprint density at radius 3 is 2.48 bits per heavy atom. The van der Waals surface area contributed by atoms with E-state index < -0.39 is 0 Å². The quantitative estimate of drug-likeness (QED) is 0.380. The Bertz CT molecular complexity index is 1370. The van der Waals surface area contributed by atoms with Crippen molar-refractivity contribution in [3.8, 4) is 28.9 Å². The van der Waals surface area contributed by atoms with Gasteiger partial charge in [-0.3, -0.25) is 0 Å². The molecule has 0 aliphatic heterocycles. The third-order valence-electron chi connectivity index (χ3n) is 4.64. The molecule has 2 heterocycles. The van der Waals surface area contributed by atoms with E-state index in [4.69, 9.17) is 20.8 Å². The van der Waals surface area contributed by atoms with Crippen molar-refractivity contribution >= 4 is 34.0 Å². The number of fused-ring (bicyclic) bond motifs is 1. The summed E-state index contributed by atoms with van der Waals surface area (Å²) in [5, 5.41) is 13.1. The van der Waals surface area contributed by atoms with Crippen LogP contribution in [0, 0.1) is 0 Å². The van der Waals surface area contributed by atoms with Gasteiger partial charge in [0.1, 0.15) is 11.6 Å². The summed E-state index contributed by atoms with van der Waals surface area (Å²) < 4.78 is 11.1. The molecular weight excluding hydrogens is 414 g/mol. The van der Waals surface area contributed by atoms with Crippen molar-refractivity contribution in [1.29, 1.82) is 0 Å². The molecular formula is C23H16ClN5O2. The van der Waals surface area contributed by atoms with Crippen LogP contribution in [0.25, 0.3) is 34.1 Å². The number of aromatic nitrogens is 4. The van der Waals surface area contributed by atoms with Crippen LogP contribution in [-0.2, 0) is 0 Å². The molecule has 8 heteroatoms. The number of para-hydroxylation sites is 1. The van der Waals surface area contributed by atoms with Crippen LogP contribution in [-0.4, -0.2) is 27.3 Å². The number of hydrogen-bond donors (Lipinski definition) is 1. The van der Waals surface area contributed by atoms with Crippen molar-refractivity contribution in [2.24, 2.45) is 0 Å². The summed E-state index contributed by atoms with van der Waals surface area (Å²) in [5.74, 6) is 2.30. The van der Waals surface area contributed by atoms with Crippen molar-refractivity contribution < 1.29 is 9.15 Å². The maximum atomic E-state index is 6.07. The molecule has 0 atom stereocenters. The Balaban J connectivity index is 1.55. The van der Waals surface area contributed by atoms with Gasteiger partial charge in [0, 0.05) is 21.7 Å². The molecule has 2 aromatic heterocycles. The lowest BCUT2D eigenvalue weighted by Crippen LogP contribution is -1.99. The van der Waals surface area contributed by atoms with Crippen LogP contribution in [0.1, 0.15) is 0 Å². The number of methoxy groups -OCH3 is 1. The fourth-order valence-electron chi connectivity index (χ4n) is 3.13. The van der Waals surface area contributed by atoms with E-state index in [2.05, 4.69) is 25.5 Å². The number of anilines is 2. The average Bonchev–Trinajstić information content (AvgIpc) is 3.30. The van der Waals surface area contributed by atoms with Crippen molar-refractivity contribution in [1.82, 2.24) is 20.2 Å². The number of ether oxygens (including phenoxy) is 1.